The lowest BCUT2D eigenvalue weighted by Gasteiger charge is -2.55. The standard InChI is InChI=1S/C44H58N6O8.C40H50N6O8/c1-9-55-47-41(45)33-25(3)26(4)34(42(46)48-56-10-2)40-39(33)57-32-22-30-36(28(38(32)58-40)24-50-15-19-54-20-16-50)43(5)11-12-44(30,6)35-27(23-49-13-17-53-18-14-49)37(52-8)31(51-7)21-29(35)43;1-21-22(2)30(38(42)44-48)36-35(29(21)37(41)43-47)53-28-18-26-32(24(34(28)54-36)20-46-11-15-52-16-12-46)39(3)7-8-40(26,4)31-23(19-45-9-13-51-14-10-45)33(50-6)27(49-5)17-25(31)39/h21-22H,9-20,23-24H2,1-8H3,(H2,45,47)(H2,46,48);17-18,47-48H,7-16,19-20H2,1-6H3,(H2,41,43)(H2,42,44). The molecule has 4 atom stereocenters. The molecule has 28 heteroatoms. The number of benzene rings is 6. The Morgan fingerprint density at radius 1 is 0.384 bits per heavy atom. The lowest BCUT2D eigenvalue weighted by molar-refractivity contribution is 0.0331. The van der Waals surface area contributed by atoms with Crippen molar-refractivity contribution in [1.82, 2.24) is 19.6 Å². The maximum Gasteiger partial charge on any atom is 0.182 e. The normalized spacial score (nSPS) is 23.3. The molecule has 4 bridgehead atoms. The Bertz CT molecular complexity index is 4840. The van der Waals surface area contributed by atoms with Crippen molar-refractivity contribution >= 4 is 23.3 Å². The number of morpholine rings is 4. The van der Waals surface area contributed by atoms with Gasteiger partial charge in [0.2, 0.25) is 0 Å². The van der Waals surface area contributed by atoms with Crippen molar-refractivity contribution in [3.63, 3.8) is 0 Å². The van der Waals surface area contributed by atoms with Crippen LogP contribution in [0.25, 0.3) is 0 Å². The van der Waals surface area contributed by atoms with Gasteiger partial charge in [-0.3, -0.25) is 19.6 Å². The molecule has 4 unspecified atom stereocenters. The summed E-state index contributed by atoms with van der Waals surface area (Å²) in [6.45, 7) is 35.9. The van der Waals surface area contributed by atoms with Gasteiger partial charge in [0.15, 0.2) is 92.3 Å². The number of nitrogens with zero attached hydrogens (tertiary/aromatic N) is 8. The molecule has 600 valence electrons. The number of nitrogens with two attached hydrogens (primary N) is 4. The minimum absolute atomic E-state index is 0.140. The molecule has 0 radical (unpaired) electrons. The third kappa shape index (κ3) is 12.6. The lowest BCUT2D eigenvalue weighted by atomic mass is 9.48. The van der Waals surface area contributed by atoms with E-state index in [9.17, 15) is 10.4 Å². The molecule has 4 fully saturated rings. The lowest BCUT2D eigenvalue weighted by Crippen LogP contribution is -2.49. The van der Waals surface area contributed by atoms with Crippen LogP contribution in [0.5, 0.6) is 69.0 Å². The van der Waals surface area contributed by atoms with E-state index in [4.69, 9.17) is 89.5 Å². The molecule has 12 aliphatic rings. The number of fused-ring (bicyclic) bond motifs is 6. The Balaban J connectivity index is 0.000000178. The number of hydrogen-bond donors (Lipinski definition) is 6. The van der Waals surface area contributed by atoms with Crippen molar-refractivity contribution in [3.8, 4) is 69.0 Å². The van der Waals surface area contributed by atoms with Crippen LogP contribution in [0.1, 0.15) is 178 Å². The summed E-state index contributed by atoms with van der Waals surface area (Å²) in [5.41, 5.74) is 43.5. The Hall–Kier alpha value is -9.52. The summed E-state index contributed by atoms with van der Waals surface area (Å²) in [6.07, 6.45) is 3.69. The first-order valence-corrected chi connectivity index (χ1v) is 39.1. The van der Waals surface area contributed by atoms with E-state index in [0.29, 0.717) is 159 Å². The molecule has 0 spiro atoms. The molecule has 4 saturated heterocycles. The van der Waals surface area contributed by atoms with Gasteiger partial charge in [0, 0.05) is 122 Å². The topological polar surface area (TPSA) is 336 Å². The van der Waals surface area contributed by atoms with Gasteiger partial charge in [-0.1, -0.05) is 48.3 Å². The van der Waals surface area contributed by atoms with Crippen molar-refractivity contribution < 1.29 is 76.9 Å². The Morgan fingerprint density at radius 3 is 0.929 bits per heavy atom. The largest absolute Gasteiger partial charge is 0.493 e. The van der Waals surface area contributed by atoms with Gasteiger partial charge in [0.05, 0.1) is 104 Å². The highest BCUT2D eigenvalue weighted by Gasteiger charge is 2.58. The number of amidine groups is 4. The SMILES string of the molecule is CCO/N=C(\N)c1c(C)c(C)c(/C(N)=N/OCC)c2c1Oc1cc3c(c(CN4CCOCC4)c1O2)C1(C)CCC3(C)c2c1cc(OC)c(OC)c2CN1CCOCC1.COc1cc2c(c(CN3CCOCC3)c1OC)C1(C)CCC2(C)c2c1cc1c(c2CN2CCOCC2)Oc2c(c(/C(N)=N/O)c(C)c(C)c2/C(N)=N/O)O1. The zero-order chi connectivity index (χ0) is 79.0. The number of hydrogen-bond acceptors (Lipinski definition) is 24. The van der Waals surface area contributed by atoms with E-state index < -0.39 is 21.7 Å². The van der Waals surface area contributed by atoms with E-state index >= 15 is 0 Å². The van der Waals surface area contributed by atoms with E-state index in [2.05, 4.69) is 92.2 Å². The molecule has 0 saturated carbocycles. The fraction of sp³-hybridized carbons (Fsp3) is 0.524. The van der Waals surface area contributed by atoms with Crippen LogP contribution in [0, 0.1) is 27.7 Å². The van der Waals surface area contributed by atoms with E-state index in [1.54, 1.807) is 28.4 Å². The summed E-state index contributed by atoms with van der Waals surface area (Å²) in [7, 11) is 6.90. The number of rotatable bonds is 20. The summed E-state index contributed by atoms with van der Waals surface area (Å²) in [4.78, 5) is 20.6. The van der Waals surface area contributed by atoms with Gasteiger partial charge in [-0.15, -0.1) is 0 Å². The zero-order valence-electron chi connectivity index (χ0n) is 67.2. The summed E-state index contributed by atoms with van der Waals surface area (Å²) in [6, 6.07) is 8.75. The molecule has 6 aromatic rings. The minimum Gasteiger partial charge on any atom is -0.493 e. The molecule has 10 N–H and O–H groups in total. The van der Waals surface area contributed by atoms with Gasteiger partial charge in [0.25, 0.3) is 0 Å². The van der Waals surface area contributed by atoms with Crippen LogP contribution < -0.4 is 60.8 Å². The maximum atomic E-state index is 9.92. The second-order valence-corrected chi connectivity index (χ2v) is 31.6. The average Bonchev–Trinajstić information content (AvgIpc) is 0.674. The van der Waals surface area contributed by atoms with E-state index in [1.165, 1.54) is 44.5 Å². The quantitative estimate of drug-likeness (QED) is 0.0179. The van der Waals surface area contributed by atoms with Crippen molar-refractivity contribution in [1.29, 1.82) is 0 Å². The Labute approximate surface area is 654 Å². The first-order chi connectivity index (χ1) is 54.0. The summed E-state index contributed by atoms with van der Waals surface area (Å²) >= 11 is 0. The molecule has 6 heterocycles. The fourth-order valence-corrected chi connectivity index (χ4v) is 19.7. The highest BCUT2D eigenvalue weighted by molar-refractivity contribution is 6.10. The van der Waals surface area contributed by atoms with Crippen LogP contribution in [-0.4, -0.2) is 200 Å². The Kier molecular flexibility index (Phi) is 21.4. The van der Waals surface area contributed by atoms with Gasteiger partial charge < -0.3 is 99.9 Å². The monoisotopic (exact) mass is 1540 g/mol. The number of oxime groups is 4. The van der Waals surface area contributed by atoms with Crippen LogP contribution in [0.15, 0.2) is 44.9 Å². The summed E-state index contributed by atoms with van der Waals surface area (Å²) < 4.78 is 76.0. The molecule has 0 aromatic heterocycles. The smallest absolute Gasteiger partial charge is 0.182 e. The van der Waals surface area contributed by atoms with Crippen LogP contribution in [-0.2, 0) is 76.5 Å². The number of ether oxygens (including phenoxy) is 12. The van der Waals surface area contributed by atoms with Crippen molar-refractivity contribution in [2.24, 2.45) is 43.6 Å². The van der Waals surface area contributed by atoms with Crippen molar-refractivity contribution in [2.45, 2.75) is 143 Å². The third-order valence-electron chi connectivity index (χ3n) is 25.6. The molecule has 18 rings (SSSR count). The molecule has 112 heavy (non-hydrogen) atoms. The third-order valence-corrected chi connectivity index (χ3v) is 25.6. The van der Waals surface area contributed by atoms with Crippen LogP contribution in [0.4, 0.5) is 0 Å². The van der Waals surface area contributed by atoms with E-state index in [0.717, 1.165) is 135 Å². The molecular weight excluding hydrogens is 1430 g/mol. The highest BCUT2D eigenvalue weighted by atomic mass is 16.6. The summed E-state index contributed by atoms with van der Waals surface area (Å²) in [5, 5.41) is 35.0. The first-order valence-electron chi connectivity index (χ1n) is 39.1. The zero-order valence-corrected chi connectivity index (χ0v) is 67.2. The van der Waals surface area contributed by atoms with Gasteiger partial charge in [-0.05, 0) is 158 Å². The molecule has 28 nitrogen and oxygen atoms in total. The first kappa shape index (κ1) is 77.8. The van der Waals surface area contributed by atoms with E-state index in [-0.39, 0.29) is 34.8 Å². The predicted molar refractivity (Wildman–Crippen MR) is 422 cm³/mol. The molecule has 6 aromatic carbocycles. The van der Waals surface area contributed by atoms with Gasteiger partial charge >= 0.3 is 0 Å². The highest BCUT2D eigenvalue weighted by Crippen LogP contribution is 2.69. The van der Waals surface area contributed by atoms with Crippen LogP contribution in [0.3, 0.4) is 0 Å². The van der Waals surface area contributed by atoms with Gasteiger partial charge in [-0.25, -0.2) is 0 Å². The molecule has 6 aliphatic heterocycles. The van der Waals surface area contributed by atoms with Crippen LogP contribution >= 0.6 is 0 Å². The molecular formula is C84H108N12O16. The van der Waals surface area contributed by atoms with Gasteiger partial charge in [-0.2, -0.15) is 0 Å². The molecule has 6 aliphatic carbocycles. The maximum absolute atomic E-state index is 9.92. The Morgan fingerprint density at radius 2 is 0.652 bits per heavy atom. The second-order valence-electron chi connectivity index (χ2n) is 31.6. The second kappa shape index (κ2) is 30.8. The van der Waals surface area contributed by atoms with Gasteiger partial charge in [0.1, 0.15) is 13.2 Å². The average molecular weight is 1540 g/mol. The molecule has 0 amide bonds. The fourth-order valence-electron chi connectivity index (χ4n) is 19.7. The predicted octanol–water partition coefficient (Wildman–Crippen LogP) is 10.7. The van der Waals surface area contributed by atoms with E-state index in [1.807, 2.05) is 41.5 Å². The number of methoxy groups -OCH3 is 4. The van der Waals surface area contributed by atoms with Crippen molar-refractivity contribution in [3.05, 3.63) is 136 Å². The van der Waals surface area contributed by atoms with Crippen LogP contribution in [0.2, 0.25) is 0 Å². The minimum atomic E-state index is -0.432. The van der Waals surface area contributed by atoms with Crippen molar-refractivity contribution in [2.75, 3.05) is 147 Å². The summed E-state index contributed by atoms with van der Waals surface area (Å²) in [5.74, 6) is 6.64.